The first-order chi connectivity index (χ1) is 12.1. The molecule has 0 heterocycles. The summed E-state index contributed by atoms with van der Waals surface area (Å²) in [5.41, 5.74) is 3.84. The molecule has 0 saturated heterocycles. The first-order valence-corrected chi connectivity index (χ1v) is 9.20. The molecule has 0 aliphatic carbocycles. The molecule has 0 fully saturated rings. The van der Waals surface area contributed by atoms with Crippen molar-refractivity contribution in [2.24, 2.45) is 0 Å². The van der Waals surface area contributed by atoms with Gasteiger partial charge in [-0.15, -0.1) is 0 Å². The molecule has 2 rings (SSSR count). The number of para-hydroxylation sites is 1. The van der Waals surface area contributed by atoms with Crippen molar-refractivity contribution >= 4 is 5.97 Å². The first kappa shape index (κ1) is 19.0. The summed E-state index contributed by atoms with van der Waals surface area (Å²) in [5.74, 6) is -0.542. The number of phenols is 1. The van der Waals surface area contributed by atoms with Gasteiger partial charge in [-0.25, -0.2) is 4.79 Å². The topological polar surface area (TPSA) is 46.5 Å². The Labute approximate surface area is 150 Å². The van der Waals surface area contributed by atoms with Crippen LogP contribution in [0, 0.1) is 0 Å². The van der Waals surface area contributed by atoms with E-state index >= 15 is 0 Å². The minimum Gasteiger partial charge on any atom is -0.507 e. The van der Waals surface area contributed by atoms with Crippen LogP contribution < -0.4 is 0 Å². The second-order valence-corrected chi connectivity index (χ2v) is 6.46. The van der Waals surface area contributed by atoms with Crippen LogP contribution in [-0.2, 0) is 24.2 Å². The van der Waals surface area contributed by atoms with E-state index in [1.165, 1.54) is 17.2 Å². The summed E-state index contributed by atoms with van der Waals surface area (Å²) in [6.07, 6.45) is 6.75. The smallest absolute Gasteiger partial charge is 0.342 e. The first-order valence-electron chi connectivity index (χ1n) is 9.20. The number of carbonyl (C=O) groups is 1. The number of ether oxygens (including phenoxy) is 1. The number of carbonyl (C=O) groups excluding carboxylic acids is 1. The standard InChI is InChI=1S/C22H28O3/c1-3-5-9-17-13-18(10-6-4-2)15-19(14-17)16-25-22(24)20-11-7-8-12-21(20)23/h7-8,11-15,23H,3-6,9-10,16H2,1-2H3. The summed E-state index contributed by atoms with van der Waals surface area (Å²) in [7, 11) is 0. The lowest BCUT2D eigenvalue weighted by atomic mass is 9.99. The lowest BCUT2D eigenvalue weighted by Crippen LogP contribution is -2.06. The lowest BCUT2D eigenvalue weighted by Gasteiger charge is -2.11. The van der Waals surface area contributed by atoms with Crippen molar-refractivity contribution in [3.05, 3.63) is 64.7 Å². The molecule has 2 aromatic rings. The molecule has 0 bridgehead atoms. The van der Waals surface area contributed by atoms with Crippen LogP contribution in [0.5, 0.6) is 5.75 Å². The predicted octanol–water partition coefficient (Wildman–Crippen LogP) is 5.43. The van der Waals surface area contributed by atoms with Crippen molar-refractivity contribution in [3.8, 4) is 5.75 Å². The zero-order chi connectivity index (χ0) is 18.1. The van der Waals surface area contributed by atoms with Crippen molar-refractivity contribution in [3.63, 3.8) is 0 Å². The molecule has 0 saturated carbocycles. The predicted molar refractivity (Wildman–Crippen MR) is 101 cm³/mol. The minimum atomic E-state index is -0.493. The van der Waals surface area contributed by atoms with Crippen LogP contribution in [0.1, 0.15) is 66.6 Å². The van der Waals surface area contributed by atoms with Gasteiger partial charge in [0.05, 0.1) is 0 Å². The van der Waals surface area contributed by atoms with Crippen molar-refractivity contribution < 1.29 is 14.6 Å². The molecule has 0 atom stereocenters. The van der Waals surface area contributed by atoms with Crippen LogP contribution in [0.15, 0.2) is 42.5 Å². The molecule has 1 N–H and O–H groups in total. The van der Waals surface area contributed by atoms with Crippen LogP contribution >= 0.6 is 0 Å². The Morgan fingerprint density at radius 2 is 1.48 bits per heavy atom. The van der Waals surface area contributed by atoms with E-state index in [1.807, 2.05) is 0 Å². The van der Waals surface area contributed by atoms with Crippen LogP contribution in [0.25, 0.3) is 0 Å². The average molecular weight is 340 g/mol. The second-order valence-electron chi connectivity index (χ2n) is 6.46. The second kappa shape index (κ2) is 9.87. The Morgan fingerprint density at radius 3 is 2.04 bits per heavy atom. The maximum absolute atomic E-state index is 12.2. The average Bonchev–Trinajstić information content (AvgIpc) is 2.63. The van der Waals surface area contributed by atoms with Gasteiger partial charge >= 0.3 is 5.97 Å². The molecule has 0 unspecified atom stereocenters. The monoisotopic (exact) mass is 340 g/mol. The SMILES string of the molecule is CCCCc1cc(CCCC)cc(COC(=O)c2ccccc2O)c1. The largest absolute Gasteiger partial charge is 0.507 e. The molecular formula is C22H28O3. The van der Waals surface area contributed by atoms with Gasteiger partial charge in [-0.3, -0.25) is 0 Å². The lowest BCUT2D eigenvalue weighted by molar-refractivity contribution is 0.0469. The normalized spacial score (nSPS) is 10.6. The number of benzene rings is 2. The van der Waals surface area contributed by atoms with Crippen LogP contribution in [0.3, 0.4) is 0 Å². The van der Waals surface area contributed by atoms with E-state index in [4.69, 9.17) is 4.74 Å². The number of hydrogen-bond donors (Lipinski definition) is 1. The van der Waals surface area contributed by atoms with Crippen LogP contribution in [-0.4, -0.2) is 11.1 Å². The maximum Gasteiger partial charge on any atom is 0.342 e. The van der Waals surface area contributed by atoms with E-state index in [-0.39, 0.29) is 17.9 Å². The highest BCUT2D eigenvalue weighted by Gasteiger charge is 2.12. The minimum absolute atomic E-state index is 0.0483. The molecule has 2 aromatic carbocycles. The molecular weight excluding hydrogens is 312 g/mol. The molecule has 3 heteroatoms. The van der Waals surface area contributed by atoms with E-state index < -0.39 is 5.97 Å². The van der Waals surface area contributed by atoms with E-state index in [9.17, 15) is 9.90 Å². The van der Waals surface area contributed by atoms with E-state index in [0.29, 0.717) is 0 Å². The van der Waals surface area contributed by atoms with E-state index in [1.54, 1.807) is 18.2 Å². The zero-order valence-electron chi connectivity index (χ0n) is 15.3. The van der Waals surface area contributed by atoms with Crippen molar-refractivity contribution in [1.82, 2.24) is 0 Å². The van der Waals surface area contributed by atoms with Gasteiger partial charge in [0, 0.05) is 0 Å². The maximum atomic E-state index is 12.2. The van der Waals surface area contributed by atoms with Gasteiger partial charge in [0.2, 0.25) is 0 Å². The number of hydrogen-bond acceptors (Lipinski definition) is 3. The summed E-state index contributed by atoms with van der Waals surface area (Å²) in [5, 5.41) is 9.76. The highest BCUT2D eigenvalue weighted by atomic mass is 16.5. The summed E-state index contributed by atoms with van der Waals surface area (Å²) in [6, 6.07) is 13.0. The van der Waals surface area contributed by atoms with Crippen molar-refractivity contribution in [2.45, 2.75) is 59.0 Å². The number of aromatic hydroxyl groups is 1. The number of aryl methyl sites for hydroxylation is 2. The fraction of sp³-hybridized carbons (Fsp3) is 0.409. The molecule has 134 valence electrons. The number of rotatable bonds is 9. The molecule has 0 aliphatic heterocycles. The van der Waals surface area contributed by atoms with Gasteiger partial charge in [0.1, 0.15) is 17.9 Å². The molecule has 0 radical (unpaired) electrons. The molecule has 25 heavy (non-hydrogen) atoms. The molecule has 3 nitrogen and oxygen atoms in total. The third kappa shape index (κ3) is 5.93. The zero-order valence-corrected chi connectivity index (χ0v) is 15.3. The van der Waals surface area contributed by atoms with Gasteiger partial charge in [-0.1, -0.05) is 57.0 Å². The Bertz CT molecular complexity index is 665. The summed E-state index contributed by atoms with van der Waals surface area (Å²) in [4.78, 5) is 12.2. The van der Waals surface area contributed by atoms with Gasteiger partial charge < -0.3 is 9.84 Å². The Morgan fingerprint density at radius 1 is 0.920 bits per heavy atom. The third-order valence-electron chi connectivity index (χ3n) is 4.24. The summed E-state index contributed by atoms with van der Waals surface area (Å²) in [6.45, 7) is 4.61. The number of phenolic OH excluding ortho intramolecular Hbond substituents is 1. The Hall–Kier alpha value is -2.29. The van der Waals surface area contributed by atoms with Gasteiger partial charge in [0.25, 0.3) is 0 Å². The van der Waals surface area contributed by atoms with Crippen LogP contribution in [0.2, 0.25) is 0 Å². The summed E-state index contributed by atoms with van der Waals surface area (Å²) >= 11 is 0. The molecule has 0 amide bonds. The number of unbranched alkanes of at least 4 members (excludes halogenated alkanes) is 2. The Kier molecular flexibility index (Phi) is 7.52. The third-order valence-corrected chi connectivity index (χ3v) is 4.24. The number of esters is 1. The quantitative estimate of drug-likeness (QED) is 0.619. The Balaban J connectivity index is 2.08. The van der Waals surface area contributed by atoms with Crippen molar-refractivity contribution in [2.75, 3.05) is 0 Å². The van der Waals surface area contributed by atoms with Gasteiger partial charge in [0.15, 0.2) is 0 Å². The highest BCUT2D eigenvalue weighted by Crippen LogP contribution is 2.19. The fourth-order valence-corrected chi connectivity index (χ4v) is 2.85. The molecule has 0 spiro atoms. The van der Waals surface area contributed by atoms with Gasteiger partial charge in [-0.2, -0.15) is 0 Å². The fourth-order valence-electron chi connectivity index (χ4n) is 2.85. The van der Waals surface area contributed by atoms with Gasteiger partial charge in [-0.05, 0) is 54.5 Å². The van der Waals surface area contributed by atoms with E-state index in [2.05, 4.69) is 32.0 Å². The highest BCUT2D eigenvalue weighted by molar-refractivity contribution is 5.92. The van der Waals surface area contributed by atoms with E-state index in [0.717, 1.165) is 44.1 Å². The summed E-state index contributed by atoms with van der Waals surface area (Å²) < 4.78 is 5.41. The molecule has 0 aromatic heterocycles. The van der Waals surface area contributed by atoms with Crippen LogP contribution in [0.4, 0.5) is 0 Å². The van der Waals surface area contributed by atoms with Crippen molar-refractivity contribution in [1.29, 1.82) is 0 Å². The molecule has 0 aliphatic rings.